The van der Waals surface area contributed by atoms with E-state index in [0.717, 1.165) is 31.5 Å². The quantitative estimate of drug-likeness (QED) is 0.794. The van der Waals surface area contributed by atoms with E-state index < -0.39 is 0 Å². The molecule has 2 heterocycles. The fourth-order valence-electron chi connectivity index (χ4n) is 3.07. The van der Waals surface area contributed by atoms with E-state index in [9.17, 15) is 4.79 Å². The highest BCUT2D eigenvalue weighted by Crippen LogP contribution is 2.11. The van der Waals surface area contributed by atoms with E-state index in [1.54, 1.807) is 10.9 Å². The highest BCUT2D eigenvalue weighted by Gasteiger charge is 2.14. The number of halogens is 1. The second-order valence-corrected chi connectivity index (χ2v) is 6.87. The van der Waals surface area contributed by atoms with Gasteiger partial charge in [0.25, 0.3) is 5.91 Å². The number of nitrogens with one attached hydrogen (secondary N) is 2. The molecule has 0 radical (unpaired) electrons. The molecule has 1 amide bonds. The number of piperidine rings is 1. The van der Waals surface area contributed by atoms with Crippen LogP contribution in [0.4, 0.5) is 0 Å². The molecule has 3 rings (SSSR count). The van der Waals surface area contributed by atoms with Crippen LogP contribution in [0.3, 0.4) is 0 Å². The van der Waals surface area contributed by atoms with E-state index in [0.29, 0.717) is 23.3 Å². The van der Waals surface area contributed by atoms with Crippen molar-refractivity contribution in [3.8, 4) is 0 Å². The molecule has 0 unspecified atom stereocenters. The number of aromatic nitrogens is 3. The van der Waals surface area contributed by atoms with Gasteiger partial charge in [-0.2, -0.15) is 0 Å². The van der Waals surface area contributed by atoms with Gasteiger partial charge in [-0.15, -0.1) is 5.10 Å². The van der Waals surface area contributed by atoms with Crippen LogP contribution in [0.15, 0.2) is 30.5 Å². The average molecular weight is 362 g/mol. The van der Waals surface area contributed by atoms with Gasteiger partial charge in [0.2, 0.25) is 0 Å². The average Bonchev–Trinajstić information content (AvgIpc) is 3.10. The Balaban J connectivity index is 1.42. The molecular formula is C18H24ClN5O. The van der Waals surface area contributed by atoms with Crippen LogP contribution in [0.2, 0.25) is 5.02 Å². The second kappa shape index (κ2) is 8.97. The van der Waals surface area contributed by atoms with E-state index in [-0.39, 0.29) is 5.91 Å². The molecule has 25 heavy (non-hydrogen) atoms. The molecule has 0 aliphatic carbocycles. The Morgan fingerprint density at radius 2 is 2.32 bits per heavy atom. The number of carbonyl (C=O) groups excluding carboxylic acids is 1. The van der Waals surface area contributed by atoms with Gasteiger partial charge in [-0.25, -0.2) is 0 Å². The first kappa shape index (κ1) is 17.9. The monoisotopic (exact) mass is 361 g/mol. The summed E-state index contributed by atoms with van der Waals surface area (Å²) >= 11 is 5.96. The van der Waals surface area contributed by atoms with Crippen LogP contribution >= 0.6 is 11.6 Å². The normalized spacial score (nSPS) is 17.4. The van der Waals surface area contributed by atoms with E-state index in [1.165, 1.54) is 19.3 Å². The van der Waals surface area contributed by atoms with Gasteiger partial charge >= 0.3 is 0 Å². The van der Waals surface area contributed by atoms with Crippen molar-refractivity contribution in [3.63, 3.8) is 0 Å². The molecule has 1 aromatic carbocycles. The molecule has 0 spiro atoms. The van der Waals surface area contributed by atoms with Crippen LogP contribution in [-0.2, 0) is 13.0 Å². The second-order valence-electron chi connectivity index (χ2n) is 6.44. The van der Waals surface area contributed by atoms with E-state index in [2.05, 4.69) is 20.9 Å². The zero-order valence-electron chi connectivity index (χ0n) is 14.2. The molecule has 1 atom stereocenters. The van der Waals surface area contributed by atoms with Crippen molar-refractivity contribution in [2.75, 3.05) is 13.1 Å². The van der Waals surface area contributed by atoms with Crippen LogP contribution in [0.1, 0.15) is 41.7 Å². The summed E-state index contributed by atoms with van der Waals surface area (Å²) in [6.07, 6.45) is 7.23. The van der Waals surface area contributed by atoms with Crippen molar-refractivity contribution in [3.05, 3.63) is 46.7 Å². The lowest BCUT2D eigenvalue weighted by Gasteiger charge is -2.23. The molecule has 7 heteroatoms. The summed E-state index contributed by atoms with van der Waals surface area (Å²) in [5.41, 5.74) is 1.46. The molecule has 6 nitrogen and oxygen atoms in total. The highest BCUT2D eigenvalue weighted by atomic mass is 35.5. The van der Waals surface area contributed by atoms with Gasteiger partial charge in [0.15, 0.2) is 5.69 Å². The van der Waals surface area contributed by atoms with Crippen LogP contribution < -0.4 is 10.6 Å². The Kier molecular flexibility index (Phi) is 6.42. The maximum absolute atomic E-state index is 12.2. The summed E-state index contributed by atoms with van der Waals surface area (Å²) in [4.78, 5) is 12.2. The Morgan fingerprint density at radius 3 is 3.12 bits per heavy atom. The minimum absolute atomic E-state index is 0.191. The van der Waals surface area contributed by atoms with Gasteiger partial charge < -0.3 is 10.6 Å². The third kappa shape index (κ3) is 5.54. The molecule has 1 aliphatic heterocycles. The zero-order valence-corrected chi connectivity index (χ0v) is 15.0. The molecule has 1 aromatic heterocycles. The Hall–Kier alpha value is -1.92. The summed E-state index contributed by atoms with van der Waals surface area (Å²) in [5.74, 6) is -0.191. The molecule has 0 saturated carbocycles. The highest BCUT2D eigenvalue weighted by molar-refractivity contribution is 6.30. The first-order valence-electron chi connectivity index (χ1n) is 8.87. The first-order valence-corrected chi connectivity index (χ1v) is 9.24. The Morgan fingerprint density at radius 1 is 1.40 bits per heavy atom. The molecule has 2 aromatic rings. The smallest absolute Gasteiger partial charge is 0.273 e. The largest absolute Gasteiger partial charge is 0.350 e. The van der Waals surface area contributed by atoms with Crippen LogP contribution in [0.25, 0.3) is 0 Å². The fourth-order valence-corrected chi connectivity index (χ4v) is 3.29. The number of nitrogens with zero attached hydrogens (tertiary/aromatic N) is 3. The molecule has 1 aliphatic rings. The topological polar surface area (TPSA) is 71.8 Å². The number of benzene rings is 1. The van der Waals surface area contributed by atoms with Crippen molar-refractivity contribution < 1.29 is 4.79 Å². The standard InChI is InChI=1S/C18H24ClN5O/c19-15-5-3-4-14(12-15)7-10-21-18(25)17-13-24(23-22-17)11-8-16-6-1-2-9-20-16/h3-5,12-13,16,20H,1-2,6-11H2,(H,21,25)/t16-/m0/s1. The van der Waals surface area contributed by atoms with Crippen molar-refractivity contribution >= 4 is 17.5 Å². The third-order valence-electron chi connectivity index (χ3n) is 4.48. The summed E-state index contributed by atoms with van der Waals surface area (Å²) in [6, 6.07) is 8.20. The summed E-state index contributed by atoms with van der Waals surface area (Å²) in [5, 5.41) is 15.1. The maximum atomic E-state index is 12.2. The van der Waals surface area contributed by atoms with Gasteiger partial charge in [-0.3, -0.25) is 9.48 Å². The maximum Gasteiger partial charge on any atom is 0.273 e. The minimum Gasteiger partial charge on any atom is -0.350 e. The predicted molar refractivity (Wildman–Crippen MR) is 97.8 cm³/mol. The number of hydrogen-bond acceptors (Lipinski definition) is 4. The van der Waals surface area contributed by atoms with Gasteiger partial charge in [0.1, 0.15) is 0 Å². The summed E-state index contributed by atoms with van der Waals surface area (Å²) in [7, 11) is 0. The third-order valence-corrected chi connectivity index (χ3v) is 4.71. The zero-order chi connectivity index (χ0) is 17.5. The number of rotatable bonds is 7. The van der Waals surface area contributed by atoms with E-state index in [1.807, 2.05) is 24.3 Å². The van der Waals surface area contributed by atoms with Gasteiger partial charge in [0.05, 0.1) is 6.20 Å². The number of amides is 1. The minimum atomic E-state index is -0.191. The van der Waals surface area contributed by atoms with Crippen molar-refractivity contribution in [1.82, 2.24) is 25.6 Å². The van der Waals surface area contributed by atoms with Gasteiger partial charge in [-0.05, 0) is 49.9 Å². The number of hydrogen-bond donors (Lipinski definition) is 2. The van der Waals surface area contributed by atoms with Gasteiger partial charge in [0, 0.05) is 24.2 Å². The van der Waals surface area contributed by atoms with E-state index in [4.69, 9.17) is 11.6 Å². The molecule has 0 bridgehead atoms. The molecule has 1 saturated heterocycles. The van der Waals surface area contributed by atoms with Crippen molar-refractivity contribution in [2.45, 2.75) is 44.7 Å². The number of aryl methyl sites for hydroxylation is 1. The summed E-state index contributed by atoms with van der Waals surface area (Å²) < 4.78 is 1.75. The van der Waals surface area contributed by atoms with Crippen LogP contribution in [0, 0.1) is 0 Å². The van der Waals surface area contributed by atoms with E-state index >= 15 is 0 Å². The molecule has 2 N–H and O–H groups in total. The van der Waals surface area contributed by atoms with Gasteiger partial charge in [-0.1, -0.05) is 35.4 Å². The lowest BCUT2D eigenvalue weighted by atomic mass is 10.0. The molecule has 1 fully saturated rings. The predicted octanol–water partition coefficient (Wildman–Crippen LogP) is 2.44. The Bertz CT molecular complexity index is 696. The first-order chi connectivity index (χ1) is 12.2. The SMILES string of the molecule is O=C(NCCc1cccc(Cl)c1)c1cn(CC[C@@H]2CCCCN2)nn1. The Labute approximate surface area is 152 Å². The lowest BCUT2D eigenvalue weighted by Crippen LogP contribution is -2.34. The van der Waals surface area contributed by atoms with Crippen molar-refractivity contribution in [1.29, 1.82) is 0 Å². The molecular weight excluding hydrogens is 338 g/mol. The fraction of sp³-hybridized carbons (Fsp3) is 0.500. The molecule has 134 valence electrons. The lowest BCUT2D eigenvalue weighted by molar-refractivity contribution is 0.0949. The van der Waals surface area contributed by atoms with Crippen LogP contribution in [-0.4, -0.2) is 40.0 Å². The summed E-state index contributed by atoms with van der Waals surface area (Å²) in [6.45, 7) is 2.42. The number of carbonyl (C=O) groups is 1. The van der Waals surface area contributed by atoms with Crippen molar-refractivity contribution in [2.24, 2.45) is 0 Å². The van der Waals surface area contributed by atoms with Crippen LogP contribution in [0.5, 0.6) is 0 Å².